The minimum atomic E-state index is 0.0224. The van der Waals surface area contributed by atoms with E-state index in [0.717, 1.165) is 16.7 Å². The molecule has 78 valence electrons. The molecule has 0 amide bonds. The Morgan fingerprint density at radius 2 is 2.27 bits per heavy atom. The van der Waals surface area contributed by atoms with Gasteiger partial charge in [-0.1, -0.05) is 11.6 Å². The van der Waals surface area contributed by atoms with E-state index in [1.165, 1.54) is 0 Å². The SMILES string of the molecule is CC(C)=Cc1nc2ccc(CO)cc2o1. The van der Waals surface area contributed by atoms with Crippen LogP contribution in [0, 0.1) is 0 Å². The Balaban J connectivity index is 2.51. The molecule has 2 rings (SSSR count). The van der Waals surface area contributed by atoms with E-state index in [9.17, 15) is 0 Å². The summed E-state index contributed by atoms with van der Waals surface area (Å²) in [6.07, 6.45) is 1.89. The Kier molecular flexibility index (Phi) is 2.56. The van der Waals surface area contributed by atoms with Crippen LogP contribution in [0.5, 0.6) is 0 Å². The Labute approximate surface area is 88.1 Å². The molecule has 0 aliphatic carbocycles. The van der Waals surface area contributed by atoms with Crippen molar-refractivity contribution in [2.24, 2.45) is 0 Å². The Hall–Kier alpha value is -1.61. The molecule has 1 N–H and O–H groups in total. The fraction of sp³-hybridized carbons (Fsp3) is 0.250. The molecule has 15 heavy (non-hydrogen) atoms. The highest BCUT2D eigenvalue weighted by atomic mass is 16.3. The second-order valence-corrected chi connectivity index (χ2v) is 3.73. The topological polar surface area (TPSA) is 46.3 Å². The maximum absolute atomic E-state index is 8.98. The molecule has 0 aliphatic rings. The lowest BCUT2D eigenvalue weighted by atomic mass is 10.2. The lowest BCUT2D eigenvalue weighted by Crippen LogP contribution is -1.80. The molecular formula is C12H13NO2. The monoisotopic (exact) mass is 203 g/mol. The number of nitrogens with zero attached hydrogens (tertiary/aromatic N) is 1. The largest absolute Gasteiger partial charge is 0.437 e. The maximum atomic E-state index is 8.98. The molecule has 0 aliphatic heterocycles. The first-order valence-corrected chi connectivity index (χ1v) is 4.84. The van der Waals surface area contributed by atoms with Crippen LogP contribution in [-0.2, 0) is 6.61 Å². The fourth-order valence-corrected chi connectivity index (χ4v) is 1.39. The first-order valence-electron chi connectivity index (χ1n) is 4.84. The van der Waals surface area contributed by atoms with Gasteiger partial charge < -0.3 is 9.52 Å². The number of aliphatic hydroxyl groups is 1. The Morgan fingerprint density at radius 1 is 1.47 bits per heavy atom. The number of allylic oxidation sites excluding steroid dienone is 1. The summed E-state index contributed by atoms with van der Waals surface area (Å²) < 4.78 is 5.52. The van der Waals surface area contributed by atoms with Crippen molar-refractivity contribution in [2.75, 3.05) is 0 Å². The van der Waals surface area contributed by atoms with E-state index in [1.807, 2.05) is 38.1 Å². The first-order chi connectivity index (χ1) is 7.19. The number of oxazole rings is 1. The van der Waals surface area contributed by atoms with Crippen molar-refractivity contribution in [2.45, 2.75) is 20.5 Å². The molecule has 1 aromatic carbocycles. The standard InChI is InChI=1S/C12H13NO2/c1-8(2)5-12-13-10-4-3-9(7-14)6-11(10)15-12/h3-6,14H,7H2,1-2H3. The van der Waals surface area contributed by atoms with Gasteiger partial charge in [-0.3, -0.25) is 0 Å². The highest BCUT2D eigenvalue weighted by molar-refractivity contribution is 5.74. The zero-order chi connectivity index (χ0) is 10.8. The van der Waals surface area contributed by atoms with E-state index in [-0.39, 0.29) is 6.61 Å². The predicted octanol–water partition coefficient (Wildman–Crippen LogP) is 2.74. The molecule has 3 heteroatoms. The van der Waals surface area contributed by atoms with Gasteiger partial charge in [0.05, 0.1) is 6.61 Å². The van der Waals surface area contributed by atoms with Crippen LogP contribution in [0.4, 0.5) is 0 Å². The number of fused-ring (bicyclic) bond motifs is 1. The molecular weight excluding hydrogens is 190 g/mol. The van der Waals surface area contributed by atoms with Gasteiger partial charge in [0.2, 0.25) is 5.89 Å². The zero-order valence-electron chi connectivity index (χ0n) is 8.82. The fourth-order valence-electron chi connectivity index (χ4n) is 1.39. The van der Waals surface area contributed by atoms with E-state index in [0.29, 0.717) is 11.5 Å². The third-order valence-electron chi connectivity index (χ3n) is 2.06. The molecule has 0 unspecified atom stereocenters. The van der Waals surface area contributed by atoms with Crippen LogP contribution < -0.4 is 0 Å². The number of hydrogen-bond acceptors (Lipinski definition) is 3. The van der Waals surface area contributed by atoms with E-state index in [4.69, 9.17) is 9.52 Å². The molecule has 0 spiro atoms. The van der Waals surface area contributed by atoms with Gasteiger partial charge in [0, 0.05) is 0 Å². The van der Waals surface area contributed by atoms with Gasteiger partial charge in [-0.25, -0.2) is 4.98 Å². The van der Waals surface area contributed by atoms with Crippen molar-refractivity contribution in [1.29, 1.82) is 0 Å². The second kappa shape index (κ2) is 3.87. The summed E-state index contributed by atoms with van der Waals surface area (Å²) >= 11 is 0. The summed E-state index contributed by atoms with van der Waals surface area (Å²) in [5, 5.41) is 8.98. The molecule has 2 aromatic rings. The van der Waals surface area contributed by atoms with Crippen molar-refractivity contribution in [3.63, 3.8) is 0 Å². The summed E-state index contributed by atoms with van der Waals surface area (Å²) in [7, 11) is 0. The van der Waals surface area contributed by atoms with Gasteiger partial charge in [0.25, 0.3) is 0 Å². The molecule has 0 fully saturated rings. The Morgan fingerprint density at radius 3 is 2.93 bits per heavy atom. The molecule has 0 saturated carbocycles. The van der Waals surface area contributed by atoms with Gasteiger partial charge in [-0.05, 0) is 37.6 Å². The average Bonchev–Trinajstić information content (AvgIpc) is 2.57. The van der Waals surface area contributed by atoms with Gasteiger partial charge in [0.1, 0.15) is 5.52 Å². The minimum absolute atomic E-state index is 0.0224. The van der Waals surface area contributed by atoms with Crippen molar-refractivity contribution in [1.82, 2.24) is 4.98 Å². The van der Waals surface area contributed by atoms with Gasteiger partial charge in [0.15, 0.2) is 5.58 Å². The van der Waals surface area contributed by atoms with Gasteiger partial charge in [-0.15, -0.1) is 0 Å². The van der Waals surface area contributed by atoms with Gasteiger partial charge in [-0.2, -0.15) is 0 Å². The van der Waals surface area contributed by atoms with Crippen molar-refractivity contribution in [3.05, 3.63) is 35.2 Å². The van der Waals surface area contributed by atoms with Crippen LogP contribution in [0.2, 0.25) is 0 Å². The molecule has 1 aromatic heterocycles. The van der Waals surface area contributed by atoms with E-state index in [2.05, 4.69) is 4.98 Å². The third-order valence-corrected chi connectivity index (χ3v) is 2.06. The van der Waals surface area contributed by atoms with Gasteiger partial charge >= 0.3 is 0 Å². The van der Waals surface area contributed by atoms with E-state index in [1.54, 1.807) is 0 Å². The molecule has 1 heterocycles. The van der Waals surface area contributed by atoms with Crippen LogP contribution >= 0.6 is 0 Å². The normalized spacial score (nSPS) is 10.6. The second-order valence-electron chi connectivity index (χ2n) is 3.73. The van der Waals surface area contributed by atoms with Crippen molar-refractivity contribution in [3.8, 4) is 0 Å². The van der Waals surface area contributed by atoms with E-state index < -0.39 is 0 Å². The lowest BCUT2D eigenvalue weighted by molar-refractivity contribution is 0.282. The lowest BCUT2D eigenvalue weighted by Gasteiger charge is -1.92. The number of aromatic nitrogens is 1. The highest BCUT2D eigenvalue weighted by Gasteiger charge is 2.03. The first kappa shape index (κ1) is 9.93. The van der Waals surface area contributed by atoms with Crippen molar-refractivity contribution >= 4 is 17.2 Å². The summed E-state index contributed by atoms with van der Waals surface area (Å²) in [5.41, 5.74) is 3.51. The molecule has 0 radical (unpaired) electrons. The molecule has 3 nitrogen and oxygen atoms in total. The average molecular weight is 203 g/mol. The molecule has 0 saturated heterocycles. The molecule has 0 bridgehead atoms. The summed E-state index contributed by atoms with van der Waals surface area (Å²) in [6.45, 7) is 4.01. The third kappa shape index (κ3) is 2.07. The van der Waals surface area contributed by atoms with Crippen LogP contribution in [-0.4, -0.2) is 10.1 Å². The Bertz CT molecular complexity index is 507. The van der Waals surface area contributed by atoms with Crippen LogP contribution in [0.3, 0.4) is 0 Å². The summed E-state index contributed by atoms with van der Waals surface area (Å²) in [5.74, 6) is 0.611. The predicted molar refractivity (Wildman–Crippen MR) is 59.3 cm³/mol. The quantitative estimate of drug-likeness (QED) is 0.816. The number of benzene rings is 1. The number of aliphatic hydroxyl groups excluding tert-OH is 1. The smallest absolute Gasteiger partial charge is 0.219 e. The highest BCUT2D eigenvalue weighted by Crippen LogP contribution is 2.18. The maximum Gasteiger partial charge on any atom is 0.219 e. The number of rotatable bonds is 2. The van der Waals surface area contributed by atoms with Crippen LogP contribution in [0.15, 0.2) is 28.2 Å². The summed E-state index contributed by atoms with van der Waals surface area (Å²) in [6, 6.07) is 5.51. The van der Waals surface area contributed by atoms with Crippen molar-refractivity contribution < 1.29 is 9.52 Å². The van der Waals surface area contributed by atoms with Crippen LogP contribution in [0.25, 0.3) is 17.2 Å². The van der Waals surface area contributed by atoms with E-state index >= 15 is 0 Å². The zero-order valence-corrected chi connectivity index (χ0v) is 8.82. The van der Waals surface area contributed by atoms with Crippen LogP contribution in [0.1, 0.15) is 25.3 Å². The minimum Gasteiger partial charge on any atom is -0.437 e. The summed E-state index contributed by atoms with van der Waals surface area (Å²) in [4.78, 5) is 4.30. The number of hydrogen-bond donors (Lipinski definition) is 1. The molecule has 0 atom stereocenters.